The number of hydrogen-bond acceptors (Lipinski definition) is 3. The molecule has 1 aliphatic carbocycles. The molecule has 1 saturated heterocycles. The lowest BCUT2D eigenvalue weighted by Crippen LogP contribution is -2.49. The molecule has 0 aromatic heterocycles. The van der Waals surface area contributed by atoms with Crippen molar-refractivity contribution in [2.45, 2.75) is 44.6 Å². The van der Waals surface area contributed by atoms with E-state index >= 15 is 0 Å². The van der Waals surface area contributed by atoms with Crippen molar-refractivity contribution in [3.05, 3.63) is 0 Å². The molecule has 0 spiro atoms. The number of aliphatic hydroxyl groups is 1. The number of likely N-dealkylation sites (tertiary alicyclic amines) is 1. The van der Waals surface area contributed by atoms with Gasteiger partial charge in [-0.1, -0.05) is 19.3 Å². The van der Waals surface area contributed by atoms with Gasteiger partial charge in [-0.2, -0.15) is 0 Å². The van der Waals surface area contributed by atoms with E-state index in [2.05, 4.69) is 10.2 Å². The molecule has 0 atom stereocenters. The number of rotatable bonds is 5. The fraction of sp³-hybridized carbons (Fsp3) is 0.923. The summed E-state index contributed by atoms with van der Waals surface area (Å²) in [7, 11) is 0. The molecule has 2 N–H and O–H groups in total. The molecule has 2 aliphatic rings. The summed E-state index contributed by atoms with van der Waals surface area (Å²) in [4.78, 5) is 14.0. The van der Waals surface area contributed by atoms with Crippen LogP contribution in [0.3, 0.4) is 0 Å². The quantitative estimate of drug-likeness (QED) is 0.745. The van der Waals surface area contributed by atoms with Gasteiger partial charge in [0, 0.05) is 44.6 Å². The van der Waals surface area contributed by atoms with Crippen molar-refractivity contribution >= 4 is 5.91 Å². The van der Waals surface area contributed by atoms with Crippen molar-refractivity contribution in [1.82, 2.24) is 10.2 Å². The van der Waals surface area contributed by atoms with Crippen LogP contribution < -0.4 is 5.32 Å². The number of nitrogens with one attached hydrogen (secondary N) is 1. The van der Waals surface area contributed by atoms with Crippen LogP contribution in [-0.4, -0.2) is 48.2 Å². The average molecular weight is 240 g/mol. The molecule has 1 heterocycles. The predicted octanol–water partition coefficient (Wildman–Crippen LogP) is 0.749. The van der Waals surface area contributed by atoms with E-state index in [4.69, 9.17) is 5.11 Å². The Morgan fingerprint density at radius 3 is 2.59 bits per heavy atom. The van der Waals surface area contributed by atoms with E-state index in [1.807, 2.05) is 0 Å². The first-order valence-corrected chi connectivity index (χ1v) is 6.90. The van der Waals surface area contributed by atoms with E-state index in [0.717, 1.165) is 32.5 Å². The maximum absolute atomic E-state index is 11.7. The molecule has 0 unspecified atom stereocenters. The molecular weight excluding hydrogens is 216 g/mol. The lowest BCUT2D eigenvalue weighted by atomic mass is 9.95. The van der Waals surface area contributed by atoms with E-state index < -0.39 is 0 Å². The van der Waals surface area contributed by atoms with Crippen molar-refractivity contribution in [3.8, 4) is 0 Å². The molecule has 1 saturated carbocycles. The Labute approximate surface area is 103 Å². The van der Waals surface area contributed by atoms with Crippen LogP contribution in [0.4, 0.5) is 0 Å². The lowest BCUT2D eigenvalue weighted by Gasteiger charge is -2.38. The number of amides is 1. The van der Waals surface area contributed by atoms with Gasteiger partial charge in [-0.3, -0.25) is 4.79 Å². The molecule has 4 heteroatoms. The molecule has 2 fully saturated rings. The normalized spacial score (nSPS) is 23.4. The van der Waals surface area contributed by atoms with Crippen molar-refractivity contribution in [1.29, 1.82) is 0 Å². The molecule has 1 amide bonds. The van der Waals surface area contributed by atoms with Gasteiger partial charge < -0.3 is 15.3 Å². The Morgan fingerprint density at radius 1 is 1.24 bits per heavy atom. The zero-order valence-corrected chi connectivity index (χ0v) is 10.5. The zero-order valence-electron chi connectivity index (χ0n) is 10.5. The summed E-state index contributed by atoms with van der Waals surface area (Å²) < 4.78 is 0. The average Bonchev–Trinajstić information content (AvgIpc) is 2.28. The van der Waals surface area contributed by atoms with Gasteiger partial charge in [0.15, 0.2) is 0 Å². The summed E-state index contributed by atoms with van der Waals surface area (Å²) in [5, 5.41) is 12.0. The minimum atomic E-state index is 0.198. The summed E-state index contributed by atoms with van der Waals surface area (Å²) in [5.74, 6) is 0.640. The van der Waals surface area contributed by atoms with E-state index in [0.29, 0.717) is 18.4 Å². The second-order valence-electron chi connectivity index (χ2n) is 5.46. The molecule has 98 valence electrons. The third-order valence-electron chi connectivity index (χ3n) is 3.92. The number of aliphatic hydroxyl groups excluding tert-OH is 1. The van der Waals surface area contributed by atoms with Gasteiger partial charge in [-0.15, -0.1) is 0 Å². The highest BCUT2D eigenvalue weighted by Crippen LogP contribution is 2.18. The number of carbonyl (C=O) groups excluding carboxylic acids is 1. The molecule has 17 heavy (non-hydrogen) atoms. The Hall–Kier alpha value is -0.610. The number of hydrogen-bond donors (Lipinski definition) is 2. The van der Waals surface area contributed by atoms with E-state index in [1.54, 1.807) is 0 Å². The zero-order chi connectivity index (χ0) is 12.1. The first-order valence-electron chi connectivity index (χ1n) is 6.90. The van der Waals surface area contributed by atoms with E-state index in [1.165, 1.54) is 19.3 Å². The summed E-state index contributed by atoms with van der Waals surface area (Å²) >= 11 is 0. The lowest BCUT2D eigenvalue weighted by molar-refractivity contribution is -0.122. The van der Waals surface area contributed by atoms with Crippen molar-refractivity contribution < 1.29 is 9.90 Å². The summed E-state index contributed by atoms with van der Waals surface area (Å²) in [6.45, 7) is 3.03. The van der Waals surface area contributed by atoms with Crippen LogP contribution in [-0.2, 0) is 4.79 Å². The topological polar surface area (TPSA) is 52.6 Å². The molecular formula is C13H24N2O2. The molecule has 1 aliphatic heterocycles. The first-order chi connectivity index (χ1) is 8.28. The van der Waals surface area contributed by atoms with Crippen LogP contribution in [0.1, 0.15) is 38.5 Å². The van der Waals surface area contributed by atoms with Crippen molar-refractivity contribution in [3.63, 3.8) is 0 Å². The van der Waals surface area contributed by atoms with Gasteiger partial charge >= 0.3 is 0 Å². The molecule has 0 radical (unpaired) electrons. The van der Waals surface area contributed by atoms with Crippen LogP contribution in [0.2, 0.25) is 0 Å². The number of nitrogens with zero attached hydrogens (tertiary/aromatic N) is 1. The van der Waals surface area contributed by atoms with Crippen LogP contribution in [0, 0.1) is 5.92 Å². The van der Waals surface area contributed by atoms with Crippen molar-refractivity contribution in [2.24, 2.45) is 5.92 Å². The van der Waals surface area contributed by atoms with Crippen LogP contribution in [0.5, 0.6) is 0 Å². The number of carbonyl (C=O) groups is 1. The largest absolute Gasteiger partial charge is 0.396 e. The molecule has 2 rings (SSSR count). The second kappa shape index (κ2) is 6.36. The summed E-state index contributed by atoms with van der Waals surface area (Å²) in [6, 6.07) is 0.429. The van der Waals surface area contributed by atoms with Gasteiger partial charge in [0.05, 0.1) is 0 Å². The smallest absolute Gasteiger partial charge is 0.221 e. The van der Waals surface area contributed by atoms with E-state index in [9.17, 15) is 4.79 Å². The highest BCUT2D eigenvalue weighted by molar-refractivity contribution is 5.76. The standard InChI is InChI=1S/C13H24N2O2/c16-10-11-8-15(9-11)7-6-13(17)14-12-4-2-1-3-5-12/h11-12,16H,1-10H2,(H,14,17). The van der Waals surface area contributed by atoms with Gasteiger partial charge in [-0.05, 0) is 12.8 Å². The van der Waals surface area contributed by atoms with Gasteiger partial charge in [0.2, 0.25) is 5.91 Å². The maximum Gasteiger partial charge on any atom is 0.221 e. The Kier molecular flexibility index (Phi) is 4.80. The SMILES string of the molecule is O=C(CCN1CC(CO)C1)NC1CCCCC1. The van der Waals surface area contributed by atoms with Crippen LogP contribution >= 0.6 is 0 Å². The molecule has 0 bridgehead atoms. The minimum Gasteiger partial charge on any atom is -0.396 e. The van der Waals surface area contributed by atoms with Crippen LogP contribution in [0.25, 0.3) is 0 Å². The Morgan fingerprint density at radius 2 is 1.94 bits per heavy atom. The maximum atomic E-state index is 11.7. The van der Waals surface area contributed by atoms with Crippen molar-refractivity contribution in [2.75, 3.05) is 26.2 Å². The van der Waals surface area contributed by atoms with Crippen LogP contribution in [0.15, 0.2) is 0 Å². The molecule has 0 aromatic rings. The van der Waals surface area contributed by atoms with E-state index in [-0.39, 0.29) is 12.5 Å². The van der Waals surface area contributed by atoms with Gasteiger partial charge in [-0.25, -0.2) is 0 Å². The minimum absolute atomic E-state index is 0.198. The predicted molar refractivity (Wildman–Crippen MR) is 66.6 cm³/mol. The molecule has 4 nitrogen and oxygen atoms in total. The fourth-order valence-corrected chi connectivity index (χ4v) is 2.78. The fourth-order valence-electron chi connectivity index (χ4n) is 2.78. The molecule has 0 aromatic carbocycles. The van der Waals surface area contributed by atoms with Gasteiger partial charge in [0.25, 0.3) is 0 Å². The monoisotopic (exact) mass is 240 g/mol. The summed E-state index contributed by atoms with van der Waals surface area (Å²) in [6.07, 6.45) is 6.76. The first kappa shape index (κ1) is 12.8. The Balaban J connectivity index is 1.55. The highest BCUT2D eigenvalue weighted by atomic mass is 16.3. The third kappa shape index (κ3) is 3.96. The van der Waals surface area contributed by atoms with Gasteiger partial charge in [0.1, 0.15) is 0 Å². The third-order valence-corrected chi connectivity index (χ3v) is 3.92. The Bertz CT molecular complexity index is 246. The highest BCUT2D eigenvalue weighted by Gasteiger charge is 2.26. The summed E-state index contributed by atoms with van der Waals surface area (Å²) in [5.41, 5.74) is 0. The second-order valence-corrected chi connectivity index (χ2v) is 5.46.